The van der Waals surface area contributed by atoms with Crippen LogP contribution in [0.15, 0.2) is 24.3 Å². The predicted octanol–water partition coefficient (Wildman–Crippen LogP) is 3.18. The maximum absolute atomic E-state index is 12.7. The number of anilines is 1. The van der Waals surface area contributed by atoms with Gasteiger partial charge in [-0.3, -0.25) is 4.79 Å². The molecule has 1 amide bonds. The van der Waals surface area contributed by atoms with Crippen LogP contribution in [0.5, 0.6) is 5.75 Å². The number of hydrogen-bond donors (Lipinski definition) is 2. The number of ether oxygens (including phenoxy) is 1. The quantitative estimate of drug-likeness (QED) is 0.767. The lowest BCUT2D eigenvalue weighted by Gasteiger charge is -2.31. The van der Waals surface area contributed by atoms with Gasteiger partial charge in [0.25, 0.3) is 0 Å². The summed E-state index contributed by atoms with van der Waals surface area (Å²) in [5.41, 5.74) is 6.13. The Balaban J connectivity index is 2.95. The number of carbonyl (C=O) groups is 1. The van der Waals surface area contributed by atoms with Crippen molar-refractivity contribution in [3.05, 3.63) is 24.3 Å². The van der Waals surface area contributed by atoms with Gasteiger partial charge in [0.15, 0.2) is 0 Å². The van der Waals surface area contributed by atoms with Crippen molar-refractivity contribution in [1.29, 1.82) is 0 Å². The molecular formula is C16H26N2O2. The van der Waals surface area contributed by atoms with E-state index in [2.05, 4.69) is 19.2 Å². The maximum Gasteiger partial charge on any atom is 0.231 e. The summed E-state index contributed by atoms with van der Waals surface area (Å²) in [5, 5.41) is 2.98. The Labute approximate surface area is 121 Å². The van der Waals surface area contributed by atoms with Gasteiger partial charge in [0.05, 0.1) is 18.2 Å². The minimum Gasteiger partial charge on any atom is -0.495 e. The molecule has 0 atom stereocenters. The molecule has 1 aromatic rings. The molecule has 20 heavy (non-hydrogen) atoms. The molecule has 0 saturated carbocycles. The van der Waals surface area contributed by atoms with E-state index in [4.69, 9.17) is 10.5 Å². The van der Waals surface area contributed by atoms with Gasteiger partial charge in [-0.1, -0.05) is 38.8 Å². The van der Waals surface area contributed by atoms with E-state index in [1.54, 1.807) is 7.11 Å². The van der Waals surface area contributed by atoms with Gasteiger partial charge in [-0.25, -0.2) is 0 Å². The molecule has 0 heterocycles. The van der Waals surface area contributed by atoms with Crippen molar-refractivity contribution in [1.82, 2.24) is 0 Å². The molecule has 0 saturated heterocycles. The number of carbonyl (C=O) groups excluding carboxylic acids is 1. The first kappa shape index (κ1) is 16.5. The number of hydrogen-bond acceptors (Lipinski definition) is 3. The molecule has 0 bridgehead atoms. The zero-order chi connectivity index (χ0) is 15.0. The zero-order valence-corrected chi connectivity index (χ0v) is 12.7. The van der Waals surface area contributed by atoms with Crippen molar-refractivity contribution in [3.8, 4) is 5.75 Å². The van der Waals surface area contributed by atoms with Gasteiger partial charge in [-0.15, -0.1) is 0 Å². The molecule has 112 valence electrons. The van der Waals surface area contributed by atoms with Crippen molar-refractivity contribution in [3.63, 3.8) is 0 Å². The average molecular weight is 278 g/mol. The molecule has 1 aromatic carbocycles. The minimum absolute atomic E-state index is 0.00630. The summed E-state index contributed by atoms with van der Waals surface area (Å²) in [6.07, 6.45) is 3.49. The third-order valence-corrected chi connectivity index (χ3v) is 3.68. The van der Waals surface area contributed by atoms with Crippen LogP contribution < -0.4 is 15.8 Å². The third-order valence-electron chi connectivity index (χ3n) is 3.68. The number of benzene rings is 1. The molecule has 0 aromatic heterocycles. The molecule has 0 aliphatic rings. The number of methoxy groups -OCH3 is 1. The van der Waals surface area contributed by atoms with Crippen LogP contribution in [0.1, 0.15) is 39.5 Å². The molecule has 0 unspecified atom stereocenters. The number of rotatable bonds is 8. The average Bonchev–Trinajstić information content (AvgIpc) is 2.47. The monoisotopic (exact) mass is 278 g/mol. The van der Waals surface area contributed by atoms with Crippen LogP contribution in [0.25, 0.3) is 0 Å². The summed E-state index contributed by atoms with van der Waals surface area (Å²) in [5.74, 6) is 0.660. The molecule has 0 radical (unpaired) electrons. The fourth-order valence-corrected chi connectivity index (χ4v) is 2.61. The van der Waals surface area contributed by atoms with Crippen molar-refractivity contribution in [2.24, 2.45) is 11.1 Å². The lowest BCUT2D eigenvalue weighted by atomic mass is 9.78. The van der Waals surface area contributed by atoms with Gasteiger partial charge in [0, 0.05) is 6.54 Å². The van der Waals surface area contributed by atoms with Crippen LogP contribution in [-0.4, -0.2) is 19.6 Å². The standard InChI is InChI=1S/C16H26N2O2/c1-4-10-16(12-17,11-5-2)15(19)18-13-8-6-7-9-14(13)20-3/h6-9H,4-5,10-12,17H2,1-3H3,(H,18,19). The van der Waals surface area contributed by atoms with Gasteiger partial charge >= 0.3 is 0 Å². The molecule has 0 aliphatic carbocycles. The highest BCUT2D eigenvalue weighted by molar-refractivity contribution is 5.96. The number of amides is 1. The van der Waals surface area contributed by atoms with Gasteiger partial charge in [-0.05, 0) is 25.0 Å². The van der Waals surface area contributed by atoms with Crippen LogP contribution >= 0.6 is 0 Å². The number of nitrogens with two attached hydrogens (primary N) is 1. The first-order chi connectivity index (χ1) is 9.63. The molecule has 3 N–H and O–H groups in total. The fraction of sp³-hybridized carbons (Fsp3) is 0.562. The first-order valence-electron chi connectivity index (χ1n) is 7.28. The van der Waals surface area contributed by atoms with Crippen molar-refractivity contribution in [2.45, 2.75) is 39.5 Å². The zero-order valence-electron chi connectivity index (χ0n) is 12.7. The first-order valence-corrected chi connectivity index (χ1v) is 7.28. The third kappa shape index (κ3) is 3.73. The van der Waals surface area contributed by atoms with Gasteiger partial charge in [-0.2, -0.15) is 0 Å². The Kier molecular flexibility index (Phi) is 6.52. The second-order valence-electron chi connectivity index (χ2n) is 5.14. The summed E-state index contributed by atoms with van der Waals surface area (Å²) in [6, 6.07) is 7.43. The van der Waals surface area contributed by atoms with E-state index in [1.807, 2.05) is 24.3 Å². The number of para-hydroxylation sites is 2. The van der Waals surface area contributed by atoms with E-state index >= 15 is 0 Å². The summed E-state index contributed by atoms with van der Waals surface area (Å²) in [4.78, 5) is 12.7. The fourth-order valence-electron chi connectivity index (χ4n) is 2.61. The second-order valence-corrected chi connectivity index (χ2v) is 5.14. The molecule has 4 heteroatoms. The highest BCUT2D eigenvalue weighted by Crippen LogP contribution is 2.32. The van der Waals surface area contributed by atoms with E-state index in [-0.39, 0.29) is 5.91 Å². The summed E-state index contributed by atoms with van der Waals surface area (Å²) >= 11 is 0. The Bertz CT molecular complexity index is 426. The lowest BCUT2D eigenvalue weighted by Crippen LogP contribution is -2.42. The van der Waals surface area contributed by atoms with Crippen LogP contribution in [0.3, 0.4) is 0 Å². The summed E-state index contributed by atoms with van der Waals surface area (Å²) in [6.45, 7) is 4.53. The Morgan fingerprint density at radius 3 is 2.35 bits per heavy atom. The van der Waals surface area contributed by atoms with Crippen molar-refractivity contribution in [2.75, 3.05) is 19.0 Å². The highest BCUT2D eigenvalue weighted by Gasteiger charge is 2.35. The molecular weight excluding hydrogens is 252 g/mol. The molecule has 0 spiro atoms. The van der Waals surface area contributed by atoms with E-state index in [9.17, 15) is 4.79 Å². The summed E-state index contributed by atoms with van der Waals surface area (Å²) in [7, 11) is 1.60. The van der Waals surface area contributed by atoms with Crippen molar-refractivity contribution >= 4 is 11.6 Å². The highest BCUT2D eigenvalue weighted by atomic mass is 16.5. The lowest BCUT2D eigenvalue weighted by molar-refractivity contribution is -0.126. The normalized spacial score (nSPS) is 11.2. The second kappa shape index (κ2) is 7.90. The molecule has 0 aliphatic heterocycles. The van der Waals surface area contributed by atoms with E-state index in [1.165, 1.54) is 0 Å². The van der Waals surface area contributed by atoms with Crippen molar-refractivity contribution < 1.29 is 9.53 Å². The summed E-state index contributed by atoms with van der Waals surface area (Å²) < 4.78 is 5.27. The predicted molar refractivity (Wildman–Crippen MR) is 82.9 cm³/mol. The van der Waals surface area contributed by atoms with Crippen LogP contribution in [0.2, 0.25) is 0 Å². The topological polar surface area (TPSA) is 64.4 Å². The maximum atomic E-state index is 12.7. The van der Waals surface area contributed by atoms with Crippen LogP contribution in [0.4, 0.5) is 5.69 Å². The van der Waals surface area contributed by atoms with Crippen LogP contribution in [-0.2, 0) is 4.79 Å². The minimum atomic E-state index is -0.482. The Morgan fingerprint density at radius 2 is 1.85 bits per heavy atom. The van der Waals surface area contributed by atoms with Crippen LogP contribution in [0, 0.1) is 5.41 Å². The van der Waals surface area contributed by atoms with E-state index < -0.39 is 5.41 Å². The SMILES string of the molecule is CCCC(CN)(CCC)C(=O)Nc1ccccc1OC. The smallest absolute Gasteiger partial charge is 0.231 e. The van der Waals surface area contributed by atoms with Gasteiger partial charge in [0.2, 0.25) is 5.91 Å². The van der Waals surface area contributed by atoms with E-state index in [0.717, 1.165) is 25.7 Å². The largest absolute Gasteiger partial charge is 0.495 e. The van der Waals surface area contributed by atoms with Gasteiger partial charge < -0.3 is 15.8 Å². The molecule has 4 nitrogen and oxygen atoms in total. The Hall–Kier alpha value is -1.55. The van der Waals surface area contributed by atoms with E-state index in [0.29, 0.717) is 18.0 Å². The molecule has 1 rings (SSSR count). The number of nitrogens with one attached hydrogen (secondary N) is 1. The Morgan fingerprint density at radius 1 is 1.25 bits per heavy atom. The van der Waals surface area contributed by atoms with Gasteiger partial charge in [0.1, 0.15) is 5.75 Å². The molecule has 0 fully saturated rings.